The van der Waals surface area contributed by atoms with Gasteiger partial charge in [0.05, 0.1) is 13.2 Å². The molecule has 24 heavy (non-hydrogen) atoms. The van der Waals surface area contributed by atoms with Crippen molar-refractivity contribution in [2.45, 2.75) is 32.2 Å². The SMILES string of the molecule is C[C@H]1C[C@@H](C(=O)Nc2ccc(CCN3CCOCC3)cc2)CCN1. The van der Waals surface area contributed by atoms with Crippen LogP contribution < -0.4 is 10.6 Å². The van der Waals surface area contributed by atoms with Crippen LogP contribution in [0.25, 0.3) is 0 Å². The fourth-order valence-corrected chi connectivity index (χ4v) is 3.48. The van der Waals surface area contributed by atoms with E-state index >= 15 is 0 Å². The molecule has 0 aliphatic carbocycles. The second-order valence-corrected chi connectivity index (χ2v) is 6.97. The number of carbonyl (C=O) groups is 1. The lowest BCUT2D eigenvalue weighted by Gasteiger charge is -2.27. The van der Waals surface area contributed by atoms with Gasteiger partial charge in [-0.3, -0.25) is 9.69 Å². The second kappa shape index (κ2) is 8.60. The molecular weight excluding hydrogens is 302 g/mol. The average Bonchev–Trinajstić information content (AvgIpc) is 2.62. The smallest absolute Gasteiger partial charge is 0.227 e. The summed E-state index contributed by atoms with van der Waals surface area (Å²) in [6, 6.07) is 8.73. The number of nitrogens with zero attached hydrogens (tertiary/aromatic N) is 1. The molecule has 0 saturated carbocycles. The molecule has 0 bridgehead atoms. The first kappa shape index (κ1) is 17.4. The maximum absolute atomic E-state index is 12.4. The predicted molar refractivity (Wildman–Crippen MR) is 96.2 cm³/mol. The Morgan fingerprint density at radius 2 is 2.04 bits per heavy atom. The fourth-order valence-electron chi connectivity index (χ4n) is 3.48. The van der Waals surface area contributed by atoms with Gasteiger partial charge in [0.15, 0.2) is 0 Å². The Hall–Kier alpha value is -1.43. The molecule has 2 saturated heterocycles. The summed E-state index contributed by atoms with van der Waals surface area (Å²) in [6.07, 6.45) is 2.89. The largest absolute Gasteiger partial charge is 0.379 e. The maximum Gasteiger partial charge on any atom is 0.227 e. The number of amides is 1. The Balaban J connectivity index is 1.46. The van der Waals surface area contributed by atoms with Gasteiger partial charge in [0, 0.05) is 37.3 Å². The van der Waals surface area contributed by atoms with E-state index in [-0.39, 0.29) is 11.8 Å². The Labute approximate surface area is 144 Å². The monoisotopic (exact) mass is 331 g/mol. The molecule has 1 amide bonds. The van der Waals surface area contributed by atoms with Gasteiger partial charge in [-0.05, 0) is 50.4 Å². The van der Waals surface area contributed by atoms with E-state index in [4.69, 9.17) is 4.74 Å². The molecule has 2 aliphatic rings. The van der Waals surface area contributed by atoms with E-state index in [1.54, 1.807) is 0 Å². The third-order valence-electron chi connectivity index (χ3n) is 5.04. The number of ether oxygens (including phenoxy) is 1. The van der Waals surface area contributed by atoms with Crippen LogP contribution in [0.3, 0.4) is 0 Å². The summed E-state index contributed by atoms with van der Waals surface area (Å²) in [6.45, 7) is 7.90. The van der Waals surface area contributed by atoms with Gasteiger partial charge in [0.25, 0.3) is 0 Å². The molecular formula is C19H29N3O2. The molecule has 5 heteroatoms. The van der Waals surface area contributed by atoms with Gasteiger partial charge in [0.1, 0.15) is 0 Å². The number of anilines is 1. The number of carbonyl (C=O) groups excluding carboxylic acids is 1. The summed E-state index contributed by atoms with van der Waals surface area (Å²) in [7, 11) is 0. The van der Waals surface area contributed by atoms with Crippen molar-refractivity contribution in [3.63, 3.8) is 0 Å². The van der Waals surface area contributed by atoms with Gasteiger partial charge in [0.2, 0.25) is 5.91 Å². The van der Waals surface area contributed by atoms with E-state index in [1.807, 2.05) is 12.1 Å². The van der Waals surface area contributed by atoms with E-state index in [1.165, 1.54) is 5.56 Å². The van der Waals surface area contributed by atoms with Crippen LogP contribution in [-0.2, 0) is 16.0 Å². The number of hydrogen-bond acceptors (Lipinski definition) is 4. The third kappa shape index (κ3) is 5.03. The Kier molecular flexibility index (Phi) is 6.24. The third-order valence-corrected chi connectivity index (χ3v) is 5.04. The molecule has 1 aromatic carbocycles. The predicted octanol–water partition coefficient (Wildman–Crippen LogP) is 1.89. The van der Waals surface area contributed by atoms with E-state index in [2.05, 4.69) is 34.6 Å². The number of piperidine rings is 1. The van der Waals surface area contributed by atoms with E-state index in [0.29, 0.717) is 6.04 Å². The van der Waals surface area contributed by atoms with Crippen LogP contribution in [0.1, 0.15) is 25.3 Å². The minimum absolute atomic E-state index is 0.127. The van der Waals surface area contributed by atoms with Crippen LogP contribution >= 0.6 is 0 Å². The molecule has 3 rings (SSSR count). The number of nitrogens with one attached hydrogen (secondary N) is 2. The van der Waals surface area contributed by atoms with E-state index in [9.17, 15) is 4.79 Å². The topological polar surface area (TPSA) is 53.6 Å². The van der Waals surface area contributed by atoms with Crippen LogP contribution in [0.4, 0.5) is 5.69 Å². The van der Waals surface area contributed by atoms with Crippen molar-refractivity contribution in [3.05, 3.63) is 29.8 Å². The van der Waals surface area contributed by atoms with Crippen LogP contribution in [0.15, 0.2) is 24.3 Å². The number of benzene rings is 1. The molecule has 2 aliphatic heterocycles. The first-order valence-electron chi connectivity index (χ1n) is 9.14. The summed E-state index contributed by atoms with van der Waals surface area (Å²) in [5, 5.41) is 6.46. The van der Waals surface area contributed by atoms with Crippen molar-refractivity contribution in [2.75, 3.05) is 44.7 Å². The Bertz CT molecular complexity index is 526. The number of rotatable bonds is 5. The molecule has 2 fully saturated rings. The minimum atomic E-state index is 0.127. The molecule has 2 atom stereocenters. The lowest BCUT2D eigenvalue weighted by atomic mass is 9.92. The molecule has 2 heterocycles. The van der Waals surface area contributed by atoms with Crippen molar-refractivity contribution in [2.24, 2.45) is 5.92 Å². The van der Waals surface area contributed by atoms with Gasteiger partial charge >= 0.3 is 0 Å². The van der Waals surface area contributed by atoms with Crippen LogP contribution in [0, 0.1) is 5.92 Å². The number of morpholine rings is 1. The number of hydrogen-bond donors (Lipinski definition) is 2. The van der Waals surface area contributed by atoms with Crippen molar-refractivity contribution in [3.8, 4) is 0 Å². The zero-order valence-electron chi connectivity index (χ0n) is 14.6. The highest BCUT2D eigenvalue weighted by Crippen LogP contribution is 2.19. The van der Waals surface area contributed by atoms with Crippen molar-refractivity contribution >= 4 is 11.6 Å². The van der Waals surface area contributed by atoms with Gasteiger partial charge in [-0.1, -0.05) is 12.1 Å². The first-order valence-corrected chi connectivity index (χ1v) is 9.14. The highest BCUT2D eigenvalue weighted by Gasteiger charge is 2.24. The Morgan fingerprint density at radius 3 is 2.75 bits per heavy atom. The van der Waals surface area contributed by atoms with Crippen LogP contribution in [0.2, 0.25) is 0 Å². The second-order valence-electron chi connectivity index (χ2n) is 6.97. The van der Waals surface area contributed by atoms with Gasteiger partial charge in [-0.2, -0.15) is 0 Å². The Morgan fingerprint density at radius 1 is 1.29 bits per heavy atom. The van der Waals surface area contributed by atoms with Gasteiger partial charge in [-0.25, -0.2) is 0 Å². The quantitative estimate of drug-likeness (QED) is 0.865. The summed E-state index contributed by atoms with van der Waals surface area (Å²) < 4.78 is 5.38. The molecule has 0 aromatic heterocycles. The summed E-state index contributed by atoms with van der Waals surface area (Å²) in [4.78, 5) is 14.8. The molecule has 0 radical (unpaired) electrons. The molecule has 132 valence electrons. The lowest BCUT2D eigenvalue weighted by molar-refractivity contribution is -0.120. The standard InChI is InChI=1S/C19H29N3O2/c1-15-14-17(6-8-20-15)19(23)21-18-4-2-16(3-5-18)7-9-22-10-12-24-13-11-22/h2-5,15,17,20H,6-14H2,1H3,(H,21,23)/t15-,17-/m0/s1. The molecule has 0 spiro atoms. The van der Waals surface area contributed by atoms with E-state index in [0.717, 1.165) is 64.3 Å². The maximum atomic E-state index is 12.4. The highest BCUT2D eigenvalue weighted by molar-refractivity contribution is 5.92. The molecule has 2 N–H and O–H groups in total. The molecule has 5 nitrogen and oxygen atoms in total. The normalized spacial score (nSPS) is 25.4. The molecule has 0 unspecified atom stereocenters. The van der Waals surface area contributed by atoms with Crippen molar-refractivity contribution < 1.29 is 9.53 Å². The highest BCUT2D eigenvalue weighted by atomic mass is 16.5. The van der Waals surface area contributed by atoms with Gasteiger partial charge < -0.3 is 15.4 Å². The average molecular weight is 331 g/mol. The summed E-state index contributed by atoms with van der Waals surface area (Å²) in [5.74, 6) is 0.284. The zero-order valence-corrected chi connectivity index (χ0v) is 14.6. The van der Waals surface area contributed by atoms with Gasteiger partial charge in [-0.15, -0.1) is 0 Å². The van der Waals surface area contributed by atoms with Crippen LogP contribution in [0.5, 0.6) is 0 Å². The summed E-state index contributed by atoms with van der Waals surface area (Å²) >= 11 is 0. The first-order chi connectivity index (χ1) is 11.7. The fraction of sp³-hybridized carbons (Fsp3) is 0.632. The lowest BCUT2D eigenvalue weighted by Crippen LogP contribution is -2.40. The summed E-state index contributed by atoms with van der Waals surface area (Å²) in [5.41, 5.74) is 2.22. The minimum Gasteiger partial charge on any atom is -0.379 e. The molecule has 1 aromatic rings. The van der Waals surface area contributed by atoms with Crippen molar-refractivity contribution in [1.29, 1.82) is 0 Å². The van der Waals surface area contributed by atoms with Crippen molar-refractivity contribution in [1.82, 2.24) is 10.2 Å². The van der Waals surface area contributed by atoms with Crippen LogP contribution in [-0.4, -0.2) is 56.2 Å². The zero-order chi connectivity index (χ0) is 16.8. The van der Waals surface area contributed by atoms with E-state index < -0.39 is 0 Å².